The molecule has 1 aliphatic rings. The Morgan fingerprint density at radius 2 is 1.00 bits per heavy atom. The maximum atomic E-state index is 13.9. The molecule has 1 aliphatic carbocycles. The first-order valence-electron chi connectivity index (χ1n) is 24.0. The van der Waals surface area contributed by atoms with Gasteiger partial charge in [-0.15, -0.1) is 0 Å². The average molecular weight is 947 g/mol. The lowest BCUT2D eigenvalue weighted by molar-refractivity contribution is -0.385. The van der Waals surface area contributed by atoms with Crippen molar-refractivity contribution >= 4 is 34.8 Å². The molecule has 1 saturated carbocycles. The Kier molecular flexibility index (Phi) is 17.0. The lowest BCUT2D eigenvalue weighted by Crippen LogP contribution is -2.37. The van der Waals surface area contributed by atoms with E-state index in [1.807, 2.05) is 119 Å². The first-order chi connectivity index (χ1) is 33.8. The lowest BCUT2D eigenvalue weighted by Gasteiger charge is -2.36. The fraction of sp³-hybridized carbons (Fsp3) is 0.316. The highest BCUT2D eigenvalue weighted by Crippen LogP contribution is 2.41. The van der Waals surface area contributed by atoms with Crippen LogP contribution in [-0.2, 0) is 10.3 Å². The Bertz CT molecular complexity index is 2630. The SMILES string of the molecule is CC(C)COc1cc(C(=O)Nc2ccc(C(=O)NC3CCC(C)CC3)cc2OCC(C)C)ccc1NC(=O)c1ccc([N+](=O)[O-])c(OCCOC(c2ccccc2)(c2ccccc2)c2ccccc2)c1. The zero-order chi connectivity index (χ0) is 49.6. The van der Waals surface area contributed by atoms with Crippen LogP contribution in [0.25, 0.3) is 0 Å². The van der Waals surface area contributed by atoms with Crippen molar-refractivity contribution in [1.29, 1.82) is 0 Å². The highest BCUT2D eigenvalue weighted by atomic mass is 16.6. The Labute approximate surface area is 410 Å². The molecule has 3 N–H and O–H groups in total. The number of amides is 3. The number of anilines is 2. The highest BCUT2D eigenvalue weighted by Gasteiger charge is 2.37. The first-order valence-corrected chi connectivity index (χ1v) is 24.0. The third-order valence-electron chi connectivity index (χ3n) is 12.1. The van der Waals surface area contributed by atoms with Gasteiger partial charge in [0, 0.05) is 34.9 Å². The second-order valence-electron chi connectivity index (χ2n) is 18.6. The minimum absolute atomic E-state index is 0.0251. The Morgan fingerprint density at radius 3 is 1.44 bits per heavy atom. The first kappa shape index (κ1) is 50.4. The number of carbonyl (C=O) groups is 3. The van der Waals surface area contributed by atoms with Crippen molar-refractivity contribution in [3.8, 4) is 17.2 Å². The summed E-state index contributed by atoms with van der Waals surface area (Å²) in [5.74, 6) is 0.198. The molecule has 0 spiro atoms. The van der Waals surface area contributed by atoms with Crippen LogP contribution in [0, 0.1) is 27.9 Å². The number of hydrogen-bond acceptors (Lipinski definition) is 9. The van der Waals surface area contributed by atoms with Gasteiger partial charge in [-0.3, -0.25) is 24.5 Å². The van der Waals surface area contributed by atoms with Gasteiger partial charge in [-0.2, -0.15) is 0 Å². The van der Waals surface area contributed by atoms with E-state index in [4.69, 9.17) is 18.9 Å². The predicted molar refractivity (Wildman–Crippen MR) is 272 cm³/mol. The van der Waals surface area contributed by atoms with Gasteiger partial charge in [-0.25, -0.2) is 0 Å². The number of nitro groups is 1. The Morgan fingerprint density at radius 1 is 0.571 bits per heavy atom. The summed E-state index contributed by atoms with van der Waals surface area (Å²) < 4.78 is 25.1. The number of nitro benzene ring substituents is 1. The van der Waals surface area contributed by atoms with Gasteiger partial charge in [0.1, 0.15) is 23.7 Å². The number of benzene rings is 6. The topological polar surface area (TPSA) is 167 Å². The molecular weight excluding hydrogens is 885 g/mol. The average Bonchev–Trinajstić information content (AvgIpc) is 3.37. The fourth-order valence-electron chi connectivity index (χ4n) is 8.38. The minimum Gasteiger partial charge on any atom is -0.491 e. The molecule has 70 heavy (non-hydrogen) atoms. The van der Waals surface area contributed by atoms with Gasteiger partial charge in [-0.1, -0.05) is 126 Å². The number of ether oxygens (including phenoxy) is 4. The predicted octanol–water partition coefficient (Wildman–Crippen LogP) is 11.9. The highest BCUT2D eigenvalue weighted by molar-refractivity contribution is 6.08. The van der Waals surface area contributed by atoms with Gasteiger partial charge >= 0.3 is 5.69 Å². The molecule has 0 unspecified atom stereocenters. The van der Waals surface area contributed by atoms with Crippen molar-refractivity contribution in [3.63, 3.8) is 0 Å². The number of rotatable bonds is 21. The third kappa shape index (κ3) is 12.8. The second-order valence-corrected chi connectivity index (χ2v) is 18.6. The molecule has 0 aromatic heterocycles. The molecule has 0 heterocycles. The summed E-state index contributed by atoms with van der Waals surface area (Å²) in [6.45, 7) is 10.8. The maximum Gasteiger partial charge on any atom is 0.310 e. The lowest BCUT2D eigenvalue weighted by atomic mass is 9.80. The summed E-state index contributed by atoms with van der Waals surface area (Å²) in [7, 11) is 0. The van der Waals surface area contributed by atoms with E-state index in [1.54, 1.807) is 36.4 Å². The minimum atomic E-state index is -1.03. The second kappa shape index (κ2) is 23.7. The van der Waals surface area contributed by atoms with Crippen LogP contribution in [0.4, 0.5) is 17.1 Å². The van der Waals surface area contributed by atoms with Crippen LogP contribution in [-0.4, -0.2) is 55.1 Å². The molecule has 6 aromatic rings. The van der Waals surface area contributed by atoms with E-state index in [-0.39, 0.29) is 77.6 Å². The smallest absolute Gasteiger partial charge is 0.310 e. The molecule has 0 saturated heterocycles. The van der Waals surface area contributed by atoms with E-state index in [9.17, 15) is 24.5 Å². The van der Waals surface area contributed by atoms with Crippen LogP contribution in [0.5, 0.6) is 17.2 Å². The Hall–Kier alpha value is -7.51. The number of carbonyl (C=O) groups excluding carboxylic acids is 3. The summed E-state index contributed by atoms with van der Waals surface area (Å²) in [4.78, 5) is 52.8. The van der Waals surface area contributed by atoms with Crippen molar-refractivity contribution < 1.29 is 38.3 Å². The van der Waals surface area contributed by atoms with Crippen LogP contribution in [0.3, 0.4) is 0 Å². The molecule has 13 heteroatoms. The Balaban J connectivity index is 1.07. The molecule has 0 radical (unpaired) electrons. The van der Waals surface area contributed by atoms with E-state index in [0.717, 1.165) is 42.4 Å². The van der Waals surface area contributed by atoms with Gasteiger partial charge in [0.15, 0.2) is 5.75 Å². The van der Waals surface area contributed by atoms with Crippen molar-refractivity contribution in [2.45, 2.75) is 71.9 Å². The summed E-state index contributed by atoms with van der Waals surface area (Å²) >= 11 is 0. The van der Waals surface area contributed by atoms with Crippen molar-refractivity contribution in [2.24, 2.45) is 17.8 Å². The van der Waals surface area contributed by atoms with Crippen molar-refractivity contribution in [2.75, 3.05) is 37.1 Å². The molecule has 13 nitrogen and oxygen atoms in total. The van der Waals surface area contributed by atoms with Crippen molar-refractivity contribution in [3.05, 3.63) is 189 Å². The van der Waals surface area contributed by atoms with Gasteiger partial charge < -0.3 is 34.9 Å². The zero-order valence-corrected chi connectivity index (χ0v) is 40.4. The van der Waals surface area contributed by atoms with Crippen LogP contribution in [0.2, 0.25) is 0 Å². The molecule has 3 amide bonds. The molecule has 0 bridgehead atoms. The van der Waals surface area contributed by atoms with E-state index < -0.39 is 22.3 Å². The zero-order valence-electron chi connectivity index (χ0n) is 40.4. The largest absolute Gasteiger partial charge is 0.491 e. The molecule has 6 aromatic carbocycles. The van der Waals surface area contributed by atoms with Crippen LogP contribution in [0.15, 0.2) is 146 Å². The normalized spacial score (nSPS) is 14.7. The summed E-state index contributed by atoms with van der Waals surface area (Å²) in [5.41, 5.74) is 2.74. The summed E-state index contributed by atoms with van der Waals surface area (Å²) in [6, 6.07) is 43.2. The molecular formula is C57H62N4O9. The van der Waals surface area contributed by atoms with E-state index in [1.165, 1.54) is 18.2 Å². The number of hydrogen-bond donors (Lipinski definition) is 3. The van der Waals surface area contributed by atoms with Crippen LogP contribution >= 0.6 is 0 Å². The quantitative estimate of drug-likeness (QED) is 0.0275. The van der Waals surface area contributed by atoms with E-state index >= 15 is 0 Å². The molecule has 1 fully saturated rings. The van der Waals surface area contributed by atoms with Crippen LogP contribution < -0.4 is 30.2 Å². The van der Waals surface area contributed by atoms with Crippen LogP contribution in [0.1, 0.15) is 108 Å². The molecule has 0 aliphatic heterocycles. The molecule has 0 atom stereocenters. The standard InChI is InChI=1S/C57H62N4O9/c1-38(2)36-68-51-33-41(54(62)58-47-26-21-40(5)22-27-47)23-28-48(51)59-55(63)42-24-29-49(52(34-42)69-37-39(3)4)60-56(64)43-25-30-50(61(65)66)53(35-43)67-31-32-70-57(44-15-9-6-10-16-44,45-17-11-7-12-18-45)46-19-13-8-14-20-46/h6-20,23-25,28-30,33-35,38-40,47H,21-22,26-27,31-32,36-37H2,1-5H3,(H,58,62)(H,59,63)(H,60,64). The molecule has 364 valence electrons. The summed E-state index contributed by atoms with van der Waals surface area (Å²) in [5, 5.41) is 21.2. The van der Waals surface area contributed by atoms with E-state index in [2.05, 4.69) is 22.9 Å². The van der Waals surface area contributed by atoms with Gasteiger partial charge in [0.2, 0.25) is 0 Å². The molecule has 7 rings (SSSR count). The maximum absolute atomic E-state index is 13.9. The van der Waals surface area contributed by atoms with Gasteiger partial charge in [0.05, 0.1) is 36.1 Å². The third-order valence-corrected chi connectivity index (χ3v) is 12.1. The fourth-order valence-corrected chi connectivity index (χ4v) is 8.38. The number of nitrogens with zero attached hydrogens (tertiary/aromatic N) is 1. The van der Waals surface area contributed by atoms with Gasteiger partial charge in [-0.05, 0) is 103 Å². The number of nitrogens with one attached hydrogen (secondary N) is 3. The van der Waals surface area contributed by atoms with E-state index in [0.29, 0.717) is 29.5 Å². The summed E-state index contributed by atoms with van der Waals surface area (Å²) in [6.07, 6.45) is 4.03. The monoisotopic (exact) mass is 946 g/mol. The van der Waals surface area contributed by atoms with Crippen molar-refractivity contribution in [1.82, 2.24) is 5.32 Å². The van der Waals surface area contributed by atoms with Gasteiger partial charge in [0.25, 0.3) is 17.7 Å².